The van der Waals surface area contributed by atoms with Crippen molar-refractivity contribution >= 4 is 11.8 Å². The van der Waals surface area contributed by atoms with Crippen molar-refractivity contribution in [2.24, 2.45) is 0 Å². The molecule has 0 radical (unpaired) electrons. The third kappa shape index (κ3) is 4.40. The second-order valence-corrected chi connectivity index (χ2v) is 7.97. The fourth-order valence-corrected chi connectivity index (χ4v) is 4.25. The molecule has 162 valence electrons. The SMILES string of the molecule is COc1ccc(C2CCN(C(=O)Nc3cc(C)n(Cc4ccccc4)n3)C2C)cc1F. The van der Waals surface area contributed by atoms with Crippen molar-refractivity contribution in [1.82, 2.24) is 14.7 Å². The summed E-state index contributed by atoms with van der Waals surface area (Å²) < 4.78 is 21.0. The fourth-order valence-electron chi connectivity index (χ4n) is 4.25. The van der Waals surface area contributed by atoms with Crippen molar-refractivity contribution < 1.29 is 13.9 Å². The maximum absolute atomic E-state index is 14.1. The molecule has 7 heteroatoms. The average Bonchev–Trinajstić information content (AvgIpc) is 3.30. The number of likely N-dealkylation sites (tertiary alicyclic amines) is 1. The first kappa shape index (κ1) is 20.9. The molecule has 0 aliphatic carbocycles. The van der Waals surface area contributed by atoms with Crippen molar-refractivity contribution in [2.75, 3.05) is 19.0 Å². The van der Waals surface area contributed by atoms with Gasteiger partial charge in [0.25, 0.3) is 0 Å². The lowest BCUT2D eigenvalue weighted by atomic mass is 9.92. The molecule has 6 nitrogen and oxygen atoms in total. The number of carbonyl (C=O) groups excluding carboxylic acids is 1. The molecular weight excluding hydrogens is 395 g/mol. The lowest BCUT2D eigenvalue weighted by Crippen LogP contribution is -2.38. The molecule has 2 aromatic carbocycles. The Kier molecular flexibility index (Phi) is 5.93. The number of halogens is 1. The molecule has 31 heavy (non-hydrogen) atoms. The van der Waals surface area contributed by atoms with Crippen LogP contribution < -0.4 is 10.1 Å². The van der Waals surface area contributed by atoms with Crippen LogP contribution in [0.25, 0.3) is 0 Å². The third-order valence-corrected chi connectivity index (χ3v) is 6.01. The largest absolute Gasteiger partial charge is 0.494 e. The van der Waals surface area contributed by atoms with Crippen LogP contribution in [0.5, 0.6) is 5.75 Å². The number of amides is 2. The Hall–Kier alpha value is -3.35. The first-order valence-corrected chi connectivity index (χ1v) is 10.5. The zero-order valence-corrected chi connectivity index (χ0v) is 18.0. The highest BCUT2D eigenvalue weighted by molar-refractivity contribution is 5.88. The monoisotopic (exact) mass is 422 g/mol. The molecule has 1 saturated heterocycles. The Labute approximate surface area is 181 Å². The van der Waals surface area contributed by atoms with E-state index >= 15 is 0 Å². The van der Waals surface area contributed by atoms with Crippen LogP contribution in [-0.4, -0.2) is 40.4 Å². The van der Waals surface area contributed by atoms with Crippen molar-refractivity contribution in [3.8, 4) is 5.75 Å². The summed E-state index contributed by atoms with van der Waals surface area (Å²) in [6.07, 6.45) is 0.780. The Morgan fingerprint density at radius 1 is 1.23 bits per heavy atom. The van der Waals surface area contributed by atoms with Gasteiger partial charge in [-0.3, -0.25) is 10.00 Å². The number of nitrogens with one attached hydrogen (secondary N) is 1. The number of carbonyl (C=O) groups is 1. The molecule has 1 aliphatic rings. The average molecular weight is 423 g/mol. The van der Waals surface area contributed by atoms with Crippen LogP contribution in [-0.2, 0) is 6.54 Å². The van der Waals surface area contributed by atoms with Crippen molar-refractivity contribution in [2.45, 2.75) is 38.8 Å². The van der Waals surface area contributed by atoms with Gasteiger partial charge in [0.05, 0.1) is 13.7 Å². The summed E-state index contributed by atoms with van der Waals surface area (Å²) >= 11 is 0. The summed E-state index contributed by atoms with van der Waals surface area (Å²) in [6.45, 7) is 5.22. The van der Waals surface area contributed by atoms with Gasteiger partial charge in [0, 0.05) is 30.3 Å². The molecular formula is C24H27FN4O2. The molecule has 1 N–H and O–H groups in total. The van der Waals surface area contributed by atoms with Crippen molar-refractivity contribution in [3.63, 3.8) is 0 Å². The summed E-state index contributed by atoms with van der Waals surface area (Å²) in [7, 11) is 1.45. The highest BCUT2D eigenvalue weighted by Gasteiger charge is 2.35. The minimum absolute atomic E-state index is 0.0553. The van der Waals surface area contributed by atoms with Crippen molar-refractivity contribution in [1.29, 1.82) is 0 Å². The van der Waals surface area contributed by atoms with Gasteiger partial charge in [-0.15, -0.1) is 0 Å². The first-order chi connectivity index (χ1) is 15.0. The van der Waals surface area contributed by atoms with E-state index in [2.05, 4.69) is 10.4 Å². The van der Waals surface area contributed by atoms with E-state index < -0.39 is 0 Å². The molecule has 0 spiro atoms. The second-order valence-electron chi connectivity index (χ2n) is 7.97. The highest BCUT2D eigenvalue weighted by atomic mass is 19.1. The van der Waals surface area contributed by atoms with Gasteiger partial charge in [0.15, 0.2) is 17.4 Å². The minimum atomic E-state index is -0.380. The van der Waals surface area contributed by atoms with Crippen LogP contribution in [0.2, 0.25) is 0 Å². The van der Waals surface area contributed by atoms with Crippen LogP contribution in [0.3, 0.4) is 0 Å². The van der Waals surface area contributed by atoms with Gasteiger partial charge in [-0.2, -0.15) is 5.10 Å². The maximum Gasteiger partial charge on any atom is 0.323 e. The molecule has 1 aliphatic heterocycles. The number of aromatic nitrogens is 2. The normalized spacial score (nSPS) is 18.3. The van der Waals surface area contributed by atoms with E-state index in [1.165, 1.54) is 13.2 Å². The molecule has 2 amide bonds. The minimum Gasteiger partial charge on any atom is -0.494 e. The van der Waals surface area contributed by atoms with Crippen LogP contribution >= 0.6 is 0 Å². The number of hydrogen-bond donors (Lipinski definition) is 1. The zero-order chi connectivity index (χ0) is 22.0. The summed E-state index contributed by atoms with van der Waals surface area (Å²) in [5.74, 6) is 0.452. The lowest BCUT2D eigenvalue weighted by Gasteiger charge is -2.25. The van der Waals surface area contributed by atoms with E-state index in [1.807, 2.05) is 61.0 Å². The van der Waals surface area contributed by atoms with E-state index in [1.54, 1.807) is 11.0 Å². The van der Waals surface area contributed by atoms with Gasteiger partial charge in [0.1, 0.15) is 0 Å². The van der Waals surface area contributed by atoms with E-state index in [9.17, 15) is 9.18 Å². The van der Waals surface area contributed by atoms with Crippen LogP contribution in [0, 0.1) is 12.7 Å². The predicted octanol–water partition coefficient (Wildman–Crippen LogP) is 4.80. The Morgan fingerprint density at radius 3 is 2.71 bits per heavy atom. The molecule has 2 heterocycles. The van der Waals surface area contributed by atoms with Gasteiger partial charge in [-0.05, 0) is 43.5 Å². The molecule has 2 atom stereocenters. The van der Waals surface area contributed by atoms with Gasteiger partial charge in [-0.1, -0.05) is 36.4 Å². The number of nitrogens with zero attached hydrogens (tertiary/aromatic N) is 3. The summed E-state index contributed by atoms with van der Waals surface area (Å²) in [5, 5.41) is 7.47. The smallest absolute Gasteiger partial charge is 0.323 e. The quantitative estimate of drug-likeness (QED) is 0.643. The van der Waals surface area contributed by atoms with Gasteiger partial charge in [0.2, 0.25) is 0 Å². The van der Waals surface area contributed by atoms with Crippen LogP contribution in [0.15, 0.2) is 54.6 Å². The topological polar surface area (TPSA) is 59.4 Å². The molecule has 3 aromatic rings. The van der Waals surface area contributed by atoms with Gasteiger partial charge < -0.3 is 9.64 Å². The zero-order valence-electron chi connectivity index (χ0n) is 18.0. The van der Waals surface area contributed by atoms with E-state index in [4.69, 9.17) is 4.74 Å². The number of aryl methyl sites for hydroxylation is 1. The number of methoxy groups -OCH3 is 1. The van der Waals surface area contributed by atoms with Gasteiger partial charge >= 0.3 is 6.03 Å². The summed E-state index contributed by atoms with van der Waals surface area (Å²) in [5.41, 5.74) is 3.00. The molecule has 0 saturated carbocycles. The predicted molar refractivity (Wildman–Crippen MR) is 118 cm³/mol. The first-order valence-electron chi connectivity index (χ1n) is 10.5. The summed E-state index contributed by atoms with van der Waals surface area (Å²) in [6, 6.07) is 16.7. The number of rotatable bonds is 5. The molecule has 1 aromatic heterocycles. The highest BCUT2D eigenvalue weighted by Crippen LogP contribution is 2.35. The second kappa shape index (κ2) is 8.79. The van der Waals surface area contributed by atoms with E-state index in [0.717, 1.165) is 23.2 Å². The maximum atomic E-state index is 14.1. The number of anilines is 1. The lowest BCUT2D eigenvalue weighted by molar-refractivity contribution is 0.208. The number of urea groups is 1. The Balaban J connectivity index is 1.42. The fraction of sp³-hybridized carbons (Fsp3) is 0.333. The number of hydrogen-bond acceptors (Lipinski definition) is 3. The summed E-state index contributed by atoms with van der Waals surface area (Å²) in [4.78, 5) is 14.7. The molecule has 0 bridgehead atoms. The molecule has 1 fully saturated rings. The van der Waals surface area contributed by atoms with E-state index in [0.29, 0.717) is 18.9 Å². The molecule has 4 rings (SSSR count). The number of benzene rings is 2. The number of ether oxygens (including phenoxy) is 1. The van der Waals surface area contributed by atoms with Crippen LogP contribution in [0.4, 0.5) is 15.0 Å². The third-order valence-electron chi connectivity index (χ3n) is 6.01. The van der Waals surface area contributed by atoms with E-state index in [-0.39, 0.29) is 29.6 Å². The van der Waals surface area contributed by atoms with Crippen LogP contribution in [0.1, 0.15) is 36.1 Å². The standard InChI is InChI=1S/C24H27FN4O2/c1-16-13-23(27-29(16)15-18-7-5-4-6-8-18)26-24(30)28-12-11-20(17(28)2)19-9-10-22(31-3)21(25)14-19/h4-10,13-14,17,20H,11-12,15H2,1-3H3,(H,26,27,30). The van der Waals surface area contributed by atoms with Crippen molar-refractivity contribution in [3.05, 3.63) is 77.2 Å². The van der Waals surface area contributed by atoms with Gasteiger partial charge in [-0.25, -0.2) is 9.18 Å². The Morgan fingerprint density at radius 2 is 2.00 bits per heavy atom. The Bertz CT molecular complexity index is 1070. The molecule has 2 unspecified atom stereocenters.